The maximum atomic E-state index is 13.3. The van der Waals surface area contributed by atoms with Crippen molar-refractivity contribution in [2.75, 3.05) is 13.1 Å². The van der Waals surface area contributed by atoms with Crippen LogP contribution in [-0.4, -0.2) is 41.0 Å². The second kappa shape index (κ2) is 10.3. The fraction of sp³-hybridized carbons (Fsp3) is 0.481. The van der Waals surface area contributed by atoms with Crippen molar-refractivity contribution in [2.24, 2.45) is 5.92 Å². The molecule has 0 bridgehead atoms. The molecule has 0 radical (unpaired) electrons. The van der Waals surface area contributed by atoms with Crippen LogP contribution in [0.5, 0.6) is 0 Å². The summed E-state index contributed by atoms with van der Waals surface area (Å²) in [5.74, 6) is -0.0298. The highest BCUT2D eigenvalue weighted by Gasteiger charge is 2.48. The Hall–Kier alpha value is -2.66. The highest BCUT2D eigenvalue weighted by Crippen LogP contribution is 2.42. The van der Waals surface area contributed by atoms with E-state index in [0.717, 1.165) is 45.1 Å². The van der Waals surface area contributed by atoms with Crippen LogP contribution in [0.4, 0.5) is 0 Å². The minimum atomic E-state index is -1.59. The van der Waals surface area contributed by atoms with Gasteiger partial charge in [-0.2, -0.15) is 0 Å². The number of rotatable bonds is 8. The number of nitrogens with one attached hydrogen (secondary N) is 1. The summed E-state index contributed by atoms with van der Waals surface area (Å²) in [6.45, 7) is 1.25. The van der Waals surface area contributed by atoms with Gasteiger partial charge in [-0.05, 0) is 36.8 Å². The lowest BCUT2D eigenvalue weighted by Gasteiger charge is -2.33. The number of hydrogen-bond donors (Lipinski definition) is 2. The van der Waals surface area contributed by atoms with Crippen molar-refractivity contribution in [1.82, 2.24) is 4.90 Å². The van der Waals surface area contributed by atoms with E-state index in [1.165, 1.54) is 5.56 Å². The number of benzene rings is 2. The molecule has 32 heavy (non-hydrogen) atoms. The molecule has 0 spiro atoms. The molecule has 5 heteroatoms. The van der Waals surface area contributed by atoms with E-state index in [1.807, 2.05) is 53.4 Å². The van der Waals surface area contributed by atoms with Gasteiger partial charge in [0, 0.05) is 25.3 Å². The second-order valence-electron chi connectivity index (χ2n) is 9.16. The summed E-state index contributed by atoms with van der Waals surface area (Å²) in [6.07, 6.45) is 6.75. The molecule has 1 saturated carbocycles. The molecule has 0 amide bonds. The normalized spacial score (nSPS) is 20.8. The molecule has 5 nitrogen and oxygen atoms in total. The molecule has 170 valence electrons. The van der Waals surface area contributed by atoms with E-state index >= 15 is 0 Å². The highest BCUT2D eigenvalue weighted by atomic mass is 16.6. The van der Waals surface area contributed by atoms with Crippen LogP contribution in [0.2, 0.25) is 0 Å². The van der Waals surface area contributed by atoms with E-state index in [2.05, 4.69) is 12.1 Å². The summed E-state index contributed by atoms with van der Waals surface area (Å²) >= 11 is 0. The van der Waals surface area contributed by atoms with E-state index in [-0.39, 0.29) is 12.0 Å². The van der Waals surface area contributed by atoms with Gasteiger partial charge < -0.3 is 14.7 Å². The fourth-order valence-electron chi connectivity index (χ4n) is 5.13. The average molecular weight is 435 g/mol. The monoisotopic (exact) mass is 434 g/mol. The third-order valence-electron chi connectivity index (χ3n) is 6.99. The summed E-state index contributed by atoms with van der Waals surface area (Å²) in [4.78, 5) is 15.3. The average Bonchev–Trinajstić information content (AvgIpc) is 3.53. The SMILES string of the molecule is N=C(CCCc1ccccc1)N1CCC(OC(=O)C(O)(c2ccccc2)C2CCCC2)C1. The van der Waals surface area contributed by atoms with Gasteiger partial charge in [0.2, 0.25) is 0 Å². The minimum absolute atomic E-state index is 0.105. The van der Waals surface area contributed by atoms with Gasteiger partial charge in [-0.1, -0.05) is 73.5 Å². The predicted molar refractivity (Wildman–Crippen MR) is 125 cm³/mol. The quantitative estimate of drug-likeness (QED) is 0.359. The number of carbonyl (C=O) groups is 1. The molecule has 1 aliphatic carbocycles. The Morgan fingerprint density at radius 3 is 2.38 bits per heavy atom. The van der Waals surface area contributed by atoms with Gasteiger partial charge in [0.25, 0.3) is 0 Å². The third kappa shape index (κ3) is 5.04. The number of nitrogens with zero attached hydrogens (tertiary/aromatic N) is 1. The van der Waals surface area contributed by atoms with Crippen molar-refractivity contribution in [1.29, 1.82) is 5.41 Å². The lowest BCUT2D eigenvalue weighted by molar-refractivity contribution is -0.178. The first-order valence-electron chi connectivity index (χ1n) is 11.9. The van der Waals surface area contributed by atoms with E-state index in [4.69, 9.17) is 10.1 Å². The molecule has 1 aliphatic heterocycles. The maximum Gasteiger partial charge on any atom is 0.343 e. The first kappa shape index (κ1) is 22.5. The van der Waals surface area contributed by atoms with E-state index in [1.54, 1.807) is 0 Å². The van der Waals surface area contributed by atoms with E-state index < -0.39 is 11.6 Å². The third-order valence-corrected chi connectivity index (χ3v) is 6.99. The smallest absolute Gasteiger partial charge is 0.343 e. The minimum Gasteiger partial charge on any atom is -0.458 e. The zero-order chi connectivity index (χ0) is 22.4. The molecule has 0 aromatic heterocycles. The van der Waals surface area contributed by atoms with Gasteiger partial charge in [0.05, 0.1) is 12.4 Å². The standard InChI is InChI=1S/C27H34N2O3/c28-25(17-9-12-21-10-3-1-4-11-21)29-19-18-24(20-29)32-26(30)27(31,23-15-7-8-16-23)22-13-5-2-6-14-22/h1-6,10-11,13-14,23-24,28,31H,7-9,12,15-20H2. The highest BCUT2D eigenvalue weighted by molar-refractivity contribution is 5.82. The zero-order valence-electron chi connectivity index (χ0n) is 18.7. The first-order valence-corrected chi connectivity index (χ1v) is 11.9. The molecule has 2 aromatic rings. The number of hydrogen-bond acceptors (Lipinski definition) is 4. The summed E-state index contributed by atoms with van der Waals surface area (Å²) < 4.78 is 5.87. The molecule has 2 fully saturated rings. The number of ether oxygens (including phenoxy) is 1. The van der Waals surface area contributed by atoms with E-state index in [9.17, 15) is 9.90 Å². The van der Waals surface area contributed by atoms with Crippen molar-refractivity contribution in [3.8, 4) is 0 Å². The second-order valence-corrected chi connectivity index (χ2v) is 9.16. The number of aliphatic hydroxyl groups is 1. The summed E-state index contributed by atoms with van der Waals surface area (Å²) in [7, 11) is 0. The van der Waals surface area contributed by atoms with Gasteiger partial charge in [-0.15, -0.1) is 0 Å². The lowest BCUT2D eigenvalue weighted by atomic mass is 9.80. The van der Waals surface area contributed by atoms with Crippen molar-refractivity contribution < 1.29 is 14.6 Å². The molecular weight excluding hydrogens is 400 g/mol. The van der Waals surface area contributed by atoms with Crippen LogP contribution in [-0.2, 0) is 21.6 Å². The number of esters is 1. The Kier molecular flexibility index (Phi) is 7.26. The van der Waals surface area contributed by atoms with Crippen molar-refractivity contribution >= 4 is 11.8 Å². The van der Waals surface area contributed by atoms with Crippen LogP contribution in [0, 0.1) is 11.3 Å². The summed E-state index contributed by atoms with van der Waals surface area (Å²) in [6, 6.07) is 19.6. The molecule has 4 rings (SSSR count). The molecule has 1 heterocycles. The topological polar surface area (TPSA) is 73.6 Å². The molecule has 2 aromatic carbocycles. The van der Waals surface area contributed by atoms with Crippen LogP contribution in [0.25, 0.3) is 0 Å². The summed E-state index contributed by atoms with van der Waals surface area (Å²) in [5.41, 5.74) is 0.329. The number of likely N-dealkylation sites (tertiary alicyclic amines) is 1. The van der Waals surface area contributed by atoms with Crippen molar-refractivity contribution in [2.45, 2.75) is 63.1 Å². The van der Waals surface area contributed by atoms with Gasteiger partial charge in [-0.25, -0.2) is 4.79 Å². The van der Waals surface area contributed by atoms with Crippen molar-refractivity contribution in [3.05, 3.63) is 71.8 Å². The van der Waals surface area contributed by atoms with Gasteiger partial charge >= 0.3 is 5.97 Å². The Morgan fingerprint density at radius 1 is 1.03 bits per heavy atom. The maximum absolute atomic E-state index is 13.3. The van der Waals surface area contributed by atoms with Gasteiger partial charge in [-0.3, -0.25) is 5.41 Å². The van der Waals surface area contributed by atoms with Crippen molar-refractivity contribution in [3.63, 3.8) is 0 Å². The molecule has 2 aliphatic rings. The largest absolute Gasteiger partial charge is 0.458 e. The van der Waals surface area contributed by atoms with Crippen LogP contribution >= 0.6 is 0 Å². The Bertz CT molecular complexity index is 896. The Morgan fingerprint density at radius 2 is 1.69 bits per heavy atom. The summed E-state index contributed by atoms with van der Waals surface area (Å²) in [5, 5.41) is 20.0. The van der Waals surface area contributed by atoms with Crippen LogP contribution in [0.15, 0.2) is 60.7 Å². The number of carbonyl (C=O) groups excluding carboxylic acids is 1. The van der Waals surface area contributed by atoms with Gasteiger partial charge in [0.15, 0.2) is 5.60 Å². The molecule has 2 N–H and O–H groups in total. The van der Waals surface area contributed by atoms with Crippen LogP contribution in [0.3, 0.4) is 0 Å². The van der Waals surface area contributed by atoms with Crippen LogP contribution in [0.1, 0.15) is 56.1 Å². The molecule has 1 saturated heterocycles. The van der Waals surface area contributed by atoms with E-state index in [0.29, 0.717) is 30.8 Å². The number of amidine groups is 1. The van der Waals surface area contributed by atoms with Gasteiger partial charge in [0.1, 0.15) is 6.10 Å². The fourth-order valence-corrected chi connectivity index (χ4v) is 5.13. The molecular formula is C27H34N2O3. The Balaban J connectivity index is 1.32. The Labute approximate surface area is 190 Å². The molecule has 2 atom stereocenters. The molecule has 2 unspecified atom stereocenters. The number of aryl methyl sites for hydroxylation is 1. The van der Waals surface area contributed by atoms with Crippen LogP contribution < -0.4 is 0 Å². The zero-order valence-corrected chi connectivity index (χ0v) is 18.7. The first-order chi connectivity index (χ1) is 15.6. The predicted octanol–water partition coefficient (Wildman–Crippen LogP) is 4.68. The lowest BCUT2D eigenvalue weighted by Crippen LogP contribution is -2.45.